The van der Waals surface area contributed by atoms with Crippen LogP contribution < -0.4 is 5.32 Å². The monoisotopic (exact) mass is 278 g/mol. The van der Waals surface area contributed by atoms with Crippen LogP contribution >= 0.6 is 0 Å². The van der Waals surface area contributed by atoms with Crippen LogP contribution in [0.5, 0.6) is 0 Å². The first kappa shape index (κ1) is 13.5. The van der Waals surface area contributed by atoms with Gasteiger partial charge in [-0.1, -0.05) is 12.1 Å². The number of nitrogens with zero attached hydrogens (tertiary/aromatic N) is 3. The molecule has 3 aromatic rings. The van der Waals surface area contributed by atoms with Crippen molar-refractivity contribution >= 4 is 0 Å². The zero-order valence-electron chi connectivity index (χ0n) is 12.0. The largest absolute Gasteiger partial charge is 0.306 e. The van der Waals surface area contributed by atoms with Gasteiger partial charge in [0, 0.05) is 37.4 Å². The maximum absolute atomic E-state index is 4.23. The smallest absolute Gasteiger partial charge is 0.0645 e. The third kappa shape index (κ3) is 3.35. The van der Waals surface area contributed by atoms with Gasteiger partial charge in [-0.2, -0.15) is 5.10 Å². The molecule has 0 saturated carbocycles. The molecule has 1 aromatic carbocycles. The molecule has 2 heterocycles. The highest BCUT2D eigenvalue weighted by molar-refractivity contribution is 5.33. The minimum atomic E-state index is 0.304. The summed E-state index contributed by atoms with van der Waals surface area (Å²) >= 11 is 0. The Kier molecular flexibility index (Phi) is 4.07. The van der Waals surface area contributed by atoms with Crippen molar-refractivity contribution in [1.29, 1.82) is 0 Å². The summed E-state index contributed by atoms with van der Waals surface area (Å²) in [5, 5.41) is 7.74. The molecule has 0 unspecified atom stereocenters. The van der Waals surface area contributed by atoms with Gasteiger partial charge in [0.25, 0.3) is 0 Å². The zero-order valence-corrected chi connectivity index (χ0v) is 12.0. The lowest BCUT2D eigenvalue weighted by molar-refractivity contribution is 0.574. The van der Waals surface area contributed by atoms with Crippen LogP contribution in [-0.2, 0) is 6.54 Å². The second-order valence-electron chi connectivity index (χ2n) is 5.00. The van der Waals surface area contributed by atoms with E-state index in [1.54, 1.807) is 6.20 Å². The Labute approximate surface area is 124 Å². The van der Waals surface area contributed by atoms with Gasteiger partial charge in [0.05, 0.1) is 5.69 Å². The van der Waals surface area contributed by atoms with Crippen molar-refractivity contribution in [1.82, 2.24) is 20.1 Å². The third-order valence-electron chi connectivity index (χ3n) is 3.52. The highest BCUT2D eigenvalue weighted by Gasteiger charge is 2.04. The van der Waals surface area contributed by atoms with Crippen LogP contribution in [0.3, 0.4) is 0 Å². The van der Waals surface area contributed by atoms with E-state index in [-0.39, 0.29) is 0 Å². The molecule has 2 aromatic heterocycles. The van der Waals surface area contributed by atoms with Crippen LogP contribution in [0, 0.1) is 0 Å². The molecule has 3 rings (SSSR count). The van der Waals surface area contributed by atoms with Gasteiger partial charge in [-0.15, -0.1) is 0 Å². The summed E-state index contributed by atoms with van der Waals surface area (Å²) < 4.78 is 1.86. The van der Waals surface area contributed by atoms with Gasteiger partial charge < -0.3 is 5.32 Å². The summed E-state index contributed by atoms with van der Waals surface area (Å²) in [5.41, 5.74) is 3.58. The molecule has 4 heteroatoms. The van der Waals surface area contributed by atoms with Crippen molar-refractivity contribution in [2.75, 3.05) is 0 Å². The van der Waals surface area contributed by atoms with E-state index in [0.717, 1.165) is 12.2 Å². The van der Waals surface area contributed by atoms with E-state index < -0.39 is 0 Å². The van der Waals surface area contributed by atoms with Gasteiger partial charge in [-0.25, -0.2) is 4.68 Å². The molecule has 0 fully saturated rings. The Balaban J connectivity index is 1.61. The van der Waals surface area contributed by atoms with Crippen LogP contribution in [0.15, 0.2) is 67.3 Å². The number of nitrogens with one attached hydrogen (secondary N) is 1. The quantitative estimate of drug-likeness (QED) is 0.779. The van der Waals surface area contributed by atoms with E-state index in [9.17, 15) is 0 Å². The summed E-state index contributed by atoms with van der Waals surface area (Å²) in [5.74, 6) is 0. The van der Waals surface area contributed by atoms with Gasteiger partial charge in [-0.3, -0.25) is 4.98 Å². The first-order valence-corrected chi connectivity index (χ1v) is 7.05. The second-order valence-corrected chi connectivity index (χ2v) is 5.00. The molecular formula is C17H18N4. The van der Waals surface area contributed by atoms with Crippen molar-refractivity contribution < 1.29 is 0 Å². The molecule has 1 atom stereocenters. The maximum atomic E-state index is 4.23. The van der Waals surface area contributed by atoms with E-state index in [1.165, 1.54) is 11.1 Å². The van der Waals surface area contributed by atoms with E-state index in [2.05, 4.69) is 46.6 Å². The number of hydrogen-bond donors (Lipinski definition) is 1. The minimum absolute atomic E-state index is 0.304. The molecule has 1 N–H and O–H groups in total. The fourth-order valence-corrected chi connectivity index (χ4v) is 2.23. The Morgan fingerprint density at radius 1 is 1.05 bits per heavy atom. The molecule has 0 aliphatic heterocycles. The van der Waals surface area contributed by atoms with E-state index in [0.29, 0.717) is 6.04 Å². The Bertz CT molecular complexity index is 660. The van der Waals surface area contributed by atoms with Gasteiger partial charge in [-0.05, 0) is 48.4 Å². The zero-order chi connectivity index (χ0) is 14.5. The van der Waals surface area contributed by atoms with Crippen molar-refractivity contribution in [3.05, 3.63) is 78.4 Å². The lowest BCUT2D eigenvalue weighted by Crippen LogP contribution is -2.18. The number of pyridine rings is 1. The molecular weight excluding hydrogens is 260 g/mol. The van der Waals surface area contributed by atoms with Crippen LogP contribution in [0.2, 0.25) is 0 Å². The average Bonchev–Trinajstić information content (AvgIpc) is 3.08. The molecule has 0 aliphatic rings. The van der Waals surface area contributed by atoms with Crippen molar-refractivity contribution in [3.8, 4) is 5.69 Å². The Morgan fingerprint density at radius 3 is 2.48 bits per heavy atom. The van der Waals surface area contributed by atoms with Crippen LogP contribution in [0.1, 0.15) is 24.1 Å². The Hall–Kier alpha value is -2.46. The lowest BCUT2D eigenvalue weighted by atomic mass is 10.1. The fourth-order valence-electron chi connectivity index (χ4n) is 2.23. The molecule has 21 heavy (non-hydrogen) atoms. The lowest BCUT2D eigenvalue weighted by Gasteiger charge is -2.14. The number of rotatable bonds is 5. The number of hydrogen-bond acceptors (Lipinski definition) is 3. The molecule has 4 nitrogen and oxygen atoms in total. The second kappa shape index (κ2) is 6.33. The highest BCUT2D eigenvalue weighted by Crippen LogP contribution is 2.13. The van der Waals surface area contributed by atoms with Crippen molar-refractivity contribution in [3.63, 3.8) is 0 Å². The highest BCUT2D eigenvalue weighted by atomic mass is 15.3. The maximum Gasteiger partial charge on any atom is 0.0645 e. The minimum Gasteiger partial charge on any atom is -0.306 e. The Morgan fingerprint density at radius 2 is 1.81 bits per heavy atom. The SMILES string of the molecule is C[C@H](NCc1ccc(-n2cccn2)cc1)c1ccncc1. The van der Waals surface area contributed by atoms with E-state index in [1.807, 2.05) is 41.5 Å². The van der Waals surface area contributed by atoms with Crippen LogP contribution in [-0.4, -0.2) is 14.8 Å². The summed E-state index contributed by atoms with van der Waals surface area (Å²) in [6.07, 6.45) is 7.38. The van der Waals surface area contributed by atoms with Crippen molar-refractivity contribution in [2.45, 2.75) is 19.5 Å². The molecule has 0 radical (unpaired) electrons. The first-order chi connectivity index (χ1) is 10.3. The summed E-state index contributed by atoms with van der Waals surface area (Å²) in [4.78, 5) is 4.04. The van der Waals surface area contributed by atoms with Gasteiger partial charge in [0.2, 0.25) is 0 Å². The standard InChI is InChI=1S/C17H18N4/c1-14(16-7-10-18-11-8-16)19-13-15-3-5-17(6-4-15)21-12-2-9-20-21/h2-12,14,19H,13H2,1H3/t14-/m0/s1. The van der Waals surface area contributed by atoms with Gasteiger partial charge in [0.1, 0.15) is 0 Å². The normalized spacial score (nSPS) is 12.2. The predicted molar refractivity (Wildman–Crippen MR) is 83.1 cm³/mol. The predicted octanol–water partition coefficient (Wildman–Crippen LogP) is 3.12. The summed E-state index contributed by atoms with van der Waals surface area (Å²) in [6, 6.07) is 14.7. The molecule has 106 valence electrons. The molecule has 0 aliphatic carbocycles. The molecule has 0 saturated heterocycles. The van der Waals surface area contributed by atoms with Crippen LogP contribution in [0.4, 0.5) is 0 Å². The molecule has 0 bridgehead atoms. The summed E-state index contributed by atoms with van der Waals surface area (Å²) in [7, 11) is 0. The topological polar surface area (TPSA) is 42.7 Å². The summed E-state index contributed by atoms with van der Waals surface area (Å²) in [6.45, 7) is 3.00. The van der Waals surface area contributed by atoms with Crippen molar-refractivity contribution in [2.24, 2.45) is 0 Å². The third-order valence-corrected chi connectivity index (χ3v) is 3.52. The molecule has 0 amide bonds. The van der Waals surface area contributed by atoms with Crippen LogP contribution in [0.25, 0.3) is 5.69 Å². The number of benzene rings is 1. The molecule has 0 spiro atoms. The van der Waals surface area contributed by atoms with E-state index in [4.69, 9.17) is 0 Å². The first-order valence-electron chi connectivity index (χ1n) is 7.05. The van der Waals surface area contributed by atoms with Gasteiger partial charge in [0.15, 0.2) is 0 Å². The van der Waals surface area contributed by atoms with E-state index >= 15 is 0 Å². The number of aromatic nitrogens is 3. The average molecular weight is 278 g/mol. The fraction of sp³-hybridized carbons (Fsp3) is 0.176. The van der Waals surface area contributed by atoms with Gasteiger partial charge >= 0.3 is 0 Å².